The second kappa shape index (κ2) is 4.40. The van der Waals surface area contributed by atoms with Gasteiger partial charge in [-0.1, -0.05) is 6.07 Å². The number of hydrogen-bond donors (Lipinski definition) is 2. The van der Waals surface area contributed by atoms with Crippen molar-refractivity contribution >= 4 is 5.91 Å². The fourth-order valence-corrected chi connectivity index (χ4v) is 1.84. The summed E-state index contributed by atoms with van der Waals surface area (Å²) in [6, 6.07) is 5.90. The summed E-state index contributed by atoms with van der Waals surface area (Å²) in [7, 11) is 1.62. The summed E-state index contributed by atoms with van der Waals surface area (Å²) in [5.41, 5.74) is 1.46. The minimum atomic E-state index is -0.130. The van der Waals surface area contributed by atoms with Gasteiger partial charge in [0.15, 0.2) is 0 Å². The van der Waals surface area contributed by atoms with Gasteiger partial charge in [0.1, 0.15) is 5.69 Å². The number of rotatable bonds is 2. The lowest BCUT2D eigenvalue weighted by atomic mass is 10.1. The van der Waals surface area contributed by atoms with Crippen LogP contribution in [0.15, 0.2) is 18.2 Å². The molecular formula is C11H15N3O. The topological polar surface area (TPSA) is 54.0 Å². The summed E-state index contributed by atoms with van der Waals surface area (Å²) in [4.78, 5) is 15.7. The van der Waals surface area contributed by atoms with Crippen LogP contribution in [0.1, 0.15) is 35.1 Å². The van der Waals surface area contributed by atoms with E-state index in [0.29, 0.717) is 11.7 Å². The van der Waals surface area contributed by atoms with Gasteiger partial charge in [-0.3, -0.25) is 4.79 Å². The Morgan fingerprint density at radius 2 is 2.47 bits per heavy atom. The van der Waals surface area contributed by atoms with Crippen LogP contribution in [0, 0.1) is 0 Å². The SMILES string of the molecule is CNC(=O)c1cccc([C@@H]2CCCN2)n1. The summed E-state index contributed by atoms with van der Waals surface area (Å²) in [5, 5.41) is 5.94. The molecular weight excluding hydrogens is 190 g/mol. The van der Waals surface area contributed by atoms with E-state index in [2.05, 4.69) is 15.6 Å². The molecule has 4 nitrogen and oxygen atoms in total. The first-order valence-corrected chi connectivity index (χ1v) is 5.23. The molecule has 0 spiro atoms. The van der Waals surface area contributed by atoms with Gasteiger partial charge in [-0.15, -0.1) is 0 Å². The molecule has 2 N–H and O–H groups in total. The minimum Gasteiger partial charge on any atom is -0.354 e. The van der Waals surface area contributed by atoms with Crippen LogP contribution in [0.5, 0.6) is 0 Å². The fourth-order valence-electron chi connectivity index (χ4n) is 1.84. The smallest absolute Gasteiger partial charge is 0.269 e. The zero-order chi connectivity index (χ0) is 10.7. The summed E-state index contributed by atoms with van der Waals surface area (Å²) in [5.74, 6) is -0.130. The van der Waals surface area contributed by atoms with Crippen molar-refractivity contribution in [1.82, 2.24) is 15.6 Å². The second-order valence-corrected chi connectivity index (χ2v) is 3.68. The van der Waals surface area contributed by atoms with Crippen molar-refractivity contribution in [2.75, 3.05) is 13.6 Å². The van der Waals surface area contributed by atoms with Gasteiger partial charge in [-0.2, -0.15) is 0 Å². The van der Waals surface area contributed by atoms with E-state index >= 15 is 0 Å². The Kier molecular flexibility index (Phi) is 2.97. The third-order valence-electron chi connectivity index (χ3n) is 2.65. The Morgan fingerprint density at radius 3 is 3.13 bits per heavy atom. The van der Waals surface area contributed by atoms with Gasteiger partial charge in [0, 0.05) is 13.1 Å². The van der Waals surface area contributed by atoms with Crippen LogP contribution in [-0.2, 0) is 0 Å². The predicted octanol–water partition coefficient (Wildman–Crippen LogP) is 0.866. The first-order valence-electron chi connectivity index (χ1n) is 5.23. The first-order chi connectivity index (χ1) is 7.31. The highest BCUT2D eigenvalue weighted by atomic mass is 16.1. The monoisotopic (exact) mass is 205 g/mol. The van der Waals surface area contributed by atoms with Crippen molar-refractivity contribution < 1.29 is 4.79 Å². The molecule has 0 unspecified atom stereocenters. The maximum absolute atomic E-state index is 11.4. The molecule has 15 heavy (non-hydrogen) atoms. The molecule has 1 saturated heterocycles. The third kappa shape index (κ3) is 2.15. The number of amides is 1. The Labute approximate surface area is 89.1 Å². The van der Waals surface area contributed by atoms with Gasteiger partial charge in [0.05, 0.1) is 5.69 Å². The van der Waals surface area contributed by atoms with Gasteiger partial charge >= 0.3 is 0 Å². The molecule has 1 aliphatic rings. The van der Waals surface area contributed by atoms with E-state index in [4.69, 9.17) is 0 Å². The summed E-state index contributed by atoms with van der Waals surface area (Å²) < 4.78 is 0. The Hall–Kier alpha value is -1.42. The molecule has 1 atom stereocenters. The maximum Gasteiger partial charge on any atom is 0.269 e. The van der Waals surface area contributed by atoms with Crippen LogP contribution in [0.4, 0.5) is 0 Å². The Bertz CT molecular complexity index is 359. The lowest BCUT2D eigenvalue weighted by Crippen LogP contribution is -2.21. The van der Waals surface area contributed by atoms with E-state index in [-0.39, 0.29) is 5.91 Å². The number of aromatic nitrogens is 1. The van der Waals surface area contributed by atoms with Gasteiger partial charge in [0.25, 0.3) is 5.91 Å². The highest BCUT2D eigenvalue weighted by Crippen LogP contribution is 2.21. The minimum absolute atomic E-state index is 0.130. The highest BCUT2D eigenvalue weighted by molar-refractivity contribution is 5.91. The van der Waals surface area contributed by atoms with Gasteiger partial charge in [-0.25, -0.2) is 4.98 Å². The van der Waals surface area contributed by atoms with Crippen LogP contribution >= 0.6 is 0 Å². The standard InChI is InChI=1S/C11H15N3O/c1-12-11(15)10-5-2-4-9(14-10)8-6-3-7-13-8/h2,4-5,8,13H,3,6-7H2,1H3,(H,12,15)/t8-/m0/s1. The van der Waals surface area contributed by atoms with Crippen molar-refractivity contribution in [2.45, 2.75) is 18.9 Å². The van der Waals surface area contributed by atoms with Crippen LogP contribution < -0.4 is 10.6 Å². The molecule has 1 amide bonds. The summed E-state index contributed by atoms with van der Waals surface area (Å²) >= 11 is 0. The predicted molar refractivity (Wildman–Crippen MR) is 57.6 cm³/mol. The lowest BCUT2D eigenvalue weighted by Gasteiger charge is -2.10. The van der Waals surface area contributed by atoms with Gasteiger partial charge in [-0.05, 0) is 31.5 Å². The third-order valence-corrected chi connectivity index (χ3v) is 2.65. The van der Waals surface area contributed by atoms with E-state index in [1.807, 2.05) is 12.1 Å². The van der Waals surface area contributed by atoms with Crippen molar-refractivity contribution in [3.8, 4) is 0 Å². The Morgan fingerprint density at radius 1 is 1.60 bits per heavy atom. The van der Waals surface area contributed by atoms with E-state index in [1.54, 1.807) is 13.1 Å². The first kappa shape index (κ1) is 10.1. The van der Waals surface area contributed by atoms with Crippen molar-refractivity contribution in [3.63, 3.8) is 0 Å². The number of pyridine rings is 1. The molecule has 2 rings (SSSR count). The molecule has 0 aromatic carbocycles. The molecule has 80 valence electrons. The second-order valence-electron chi connectivity index (χ2n) is 3.68. The molecule has 1 fully saturated rings. The molecule has 1 aromatic heterocycles. The van der Waals surface area contributed by atoms with Crippen molar-refractivity contribution in [3.05, 3.63) is 29.6 Å². The van der Waals surface area contributed by atoms with Crippen LogP contribution in [0.3, 0.4) is 0 Å². The number of carbonyl (C=O) groups is 1. The number of nitrogens with zero attached hydrogens (tertiary/aromatic N) is 1. The fraction of sp³-hybridized carbons (Fsp3) is 0.455. The quantitative estimate of drug-likeness (QED) is 0.753. The Balaban J connectivity index is 2.21. The highest BCUT2D eigenvalue weighted by Gasteiger charge is 2.18. The molecule has 0 saturated carbocycles. The molecule has 2 heterocycles. The average molecular weight is 205 g/mol. The molecule has 1 aromatic rings. The number of hydrogen-bond acceptors (Lipinski definition) is 3. The van der Waals surface area contributed by atoms with E-state index < -0.39 is 0 Å². The van der Waals surface area contributed by atoms with Crippen LogP contribution in [-0.4, -0.2) is 24.5 Å². The van der Waals surface area contributed by atoms with E-state index in [0.717, 1.165) is 18.7 Å². The van der Waals surface area contributed by atoms with Crippen molar-refractivity contribution in [2.24, 2.45) is 0 Å². The van der Waals surface area contributed by atoms with Gasteiger partial charge < -0.3 is 10.6 Å². The van der Waals surface area contributed by atoms with Crippen LogP contribution in [0.2, 0.25) is 0 Å². The maximum atomic E-state index is 11.4. The molecule has 1 aliphatic heterocycles. The largest absolute Gasteiger partial charge is 0.354 e. The van der Waals surface area contributed by atoms with Crippen molar-refractivity contribution in [1.29, 1.82) is 0 Å². The molecule has 4 heteroatoms. The molecule has 0 bridgehead atoms. The van der Waals surface area contributed by atoms with E-state index in [1.165, 1.54) is 6.42 Å². The summed E-state index contributed by atoms with van der Waals surface area (Å²) in [6.45, 7) is 1.04. The number of carbonyl (C=O) groups excluding carboxylic acids is 1. The lowest BCUT2D eigenvalue weighted by molar-refractivity contribution is 0.0958. The van der Waals surface area contributed by atoms with Gasteiger partial charge in [0.2, 0.25) is 0 Å². The molecule has 0 aliphatic carbocycles. The van der Waals surface area contributed by atoms with E-state index in [9.17, 15) is 4.79 Å². The zero-order valence-electron chi connectivity index (χ0n) is 8.79. The molecule has 0 radical (unpaired) electrons. The van der Waals surface area contributed by atoms with Crippen LogP contribution in [0.25, 0.3) is 0 Å². The normalized spacial score (nSPS) is 20.2. The zero-order valence-corrected chi connectivity index (χ0v) is 8.79. The average Bonchev–Trinajstić information content (AvgIpc) is 2.82. The summed E-state index contributed by atoms with van der Waals surface area (Å²) in [6.07, 6.45) is 2.28. The number of nitrogens with one attached hydrogen (secondary N) is 2.